The molecule has 7 nitrogen and oxygen atoms in total. The summed E-state index contributed by atoms with van der Waals surface area (Å²) in [6, 6.07) is 4.91. The second-order valence-electron chi connectivity index (χ2n) is 7.64. The lowest BCUT2D eigenvalue weighted by Crippen LogP contribution is -2.36. The number of nitrogens with two attached hydrogens (primary N) is 1. The van der Waals surface area contributed by atoms with Gasteiger partial charge in [-0.05, 0) is 44.0 Å². The number of anilines is 1. The lowest BCUT2D eigenvalue weighted by atomic mass is 10.1. The first-order valence-electron chi connectivity index (χ1n) is 9.90. The Balaban J connectivity index is 1.45. The summed E-state index contributed by atoms with van der Waals surface area (Å²) >= 11 is 0. The molecule has 30 heavy (non-hydrogen) atoms. The van der Waals surface area contributed by atoms with Crippen molar-refractivity contribution in [3.05, 3.63) is 60.1 Å². The number of carbonyl (C=O) groups excluding carboxylic acids is 1. The number of hydrogen-bond donors (Lipinski definition) is 1. The van der Waals surface area contributed by atoms with E-state index in [0.717, 1.165) is 22.3 Å². The fourth-order valence-corrected chi connectivity index (χ4v) is 3.57. The van der Waals surface area contributed by atoms with Crippen LogP contribution >= 0.6 is 0 Å². The zero-order valence-electron chi connectivity index (χ0n) is 17.0. The number of fused-ring (bicyclic) bond motifs is 1. The van der Waals surface area contributed by atoms with Gasteiger partial charge in [0.1, 0.15) is 5.82 Å². The van der Waals surface area contributed by atoms with Crippen LogP contribution in [0, 0.1) is 5.82 Å². The maximum atomic E-state index is 14.3. The summed E-state index contributed by atoms with van der Waals surface area (Å²) in [5.74, 6) is -0.354. The molecule has 4 rings (SSSR count). The Bertz CT molecular complexity index is 1100. The SMILES string of the molecule is CC(C)OC(=O)N1CC=C(c2cnc(Cn3ccc4cc(N)cc(F)c43)cn2)CC1. The van der Waals surface area contributed by atoms with Gasteiger partial charge in [0.25, 0.3) is 0 Å². The number of benzene rings is 1. The van der Waals surface area contributed by atoms with Crippen LogP contribution in [0.2, 0.25) is 0 Å². The van der Waals surface area contributed by atoms with Crippen LogP contribution in [0.3, 0.4) is 0 Å². The molecule has 0 saturated carbocycles. The number of aromatic nitrogens is 3. The Morgan fingerprint density at radius 2 is 2.13 bits per heavy atom. The number of halogens is 1. The van der Waals surface area contributed by atoms with Gasteiger partial charge in [-0.15, -0.1) is 0 Å². The van der Waals surface area contributed by atoms with Crippen LogP contribution < -0.4 is 5.73 Å². The molecule has 0 saturated heterocycles. The van der Waals surface area contributed by atoms with E-state index < -0.39 is 0 Å². The van der Waals surface area contributed by atoms with E-state index in [9.17, 15) is 9.18 Å². The van der Waals surface area contributed by atoms with Gasteiger partial charge in [0.05, 0.1) is 41.9 Å². The Morgan fingerprint density at radius 3 is 2.80 bits per heavy atom. The number of ether oxygens (including phenoxy) is 1. The largest absolute Gasteiger partial charge is 0.447 e. The van der Waals surface area contributed by atoms with Crippen molar-refractivity contribution in [2.24, 2.45) is 0 Å². The summed E-state index contributed by atoms with van der Waals surface area (Å²) in [6.45, 7) is 5.15. The van der Waals surface area contributed by atoms with Crippen LogP contribution in [0.25, 0.3) is 16.5 Å². The maximum Gasteiger partial charge on any atom is 0.410 e. The van der Waals surface area contributed by atoms with Crippen molar-refractivity contribution < 1.29 is 13.9 Å². The molecule has 3 heterocycles. The second kappa shape index (κ2) is 8.14. The van der Waals surface area contributed by atoms with Crippen LogP contribution in [0.5, 0.6) is 0 Å². The highest BCUT2D eigenvalue weighted by Crippen LogP contribution is 2.24. The number of rotatable bonds is 4. The van der Waals surface area contributed by atoms with E-state index in [4.69, 9.17) is 10.5 Å². The third-order valence-corrected chi connectivity index (χ3v) is 5.01. The molecule has 1 aliphatic heterocycles. The van der Waals surface area contributed by atoms with Crippen molar-refractivity contribution in [3.63, 3.8) is 0 Å². The highest BCUT2D eigenvalue weighted by Gasteiger charge is 2.20. The third kappa shape index (κ3) is 4.12. The molecule has 0 radical (unpaired) electrons. The first kappa shape index (κ1) is 19.9. The molecule has 3 aromatic rings. The molecule has 2 N–H and O–H groups in total. The lowest BCUT2D eigenvalue weighted by Gasteiger charge is -2.26. The van der Waals surface area contributed by atoms with Crippen molar-refractivity contribution in [1.29, 1.82) is 0 Å². The van der Waals surface area contributed by atoms with Gasteiger partial charge >= 0.3 is 6.09 Å². The molecule has 2 aromatic heterocycles. The zero-order valence-corrected chi connectivity index (χ0v) is 17.0. The van der Waals surface area contributed by atoms with Crippen LogP contribution in [0.1, 0.15) is 31.7 Å². The Labute approximate surface area is 174 Å². The fourth-order valence-electron chi connectivity index (χ4n) is 3.57. The third-order valence-electron chi connectivity index (χ3n) is 5.01. The predicted octanol–water partition coefficient (Wildman–Crippen LogP) is 3.84. The quantitative estimate of drug-likeness (QED) is 0.662. The van der Waals surface area contributed by atoms with Crippen LogP contribution in [-0.4, -0.2) is 44.7 Å². The lowest BCUT2D eigenvalue weighted by molar-refractivity contribution is 0.0799. The predicted molar refractivity (Wildman–Crippen MR) is 113 cm³/mol. The molecule has 156 valence electrons. The first-order chi connectivity index (χ1) is 14.4. The van der Waals surface area contributed by atoms with Gasteiger partial charge < -0.3 is 19.9 Å². The van der Waals surface area contributed by atoms with E-state index in [0.29, 0.717) is 37.3 Å². The van der Waals surface area contributed by atoms with Crippen LogP contribution in [-0.2, 0) is 11.3 Å². The Morgan fingerprint density at radius 1 is 1.30 bits per heavy atom. The Hall–Kier alpha value is -3.42. The number of amides is 1. The molecule has 1 amide bonds. The summed E-state index contributed by atoms with van der Waals surface area (Å²) in [4.78, 5) is 22.7. The average molecular weight is 409 g/mol. The summed E-state index contributed by atoms with van der Waals surface area (Å²) in [5.41, 5.74) is 9.18. The number of hydrogen-bond acceptors (Lipinski definition) is 5. The summed E-state index contributed by atoms with van der Waals surface area (Å²) in [6.07, 6.45) is 7.49. The number of nitrogens with zero attached hydrogens (tertiary/aromatic N) is 4. The van der Waals surface area contributed by atoms with Gasteiger partial charge in [0.15, 0.2) is 0 Å². The number of carbonyl (C=O) groups is 1. The van der Waals surface area contributed by atoms with Crippen LogP contribution in [0.15, 0.2) is 42.9 Å². The van der Waals surface area contributed by atoms with E-state index in [1.807, 2.05) is 32.2 Å². The highest BCUT2D eigenvalue weighted by atomic mass is 19.1. The minimum absolute atomic E-state index is 0.135. The minimum atomic E-state index is -0.354. The van der Waals surface area contributed by atoms with Crippen molar-refractivity contribution >= 4 is 28.3 Å². The van der Waals surface area contributed by atoms with Crippen molar-refractivity contribution in [1.82, 2.24) is 19.4 Å². The van der Waals surface area contributed by atoms with Gasteiger partial charge in [0, 0.05) is 30.4 Å². The molecule has 0 fully saturated rings. The fraction of sp³-hybridized carbons (Fsp3) is 0.318. The molecule has 0 atom stereocenters. The summed E-state index contributed by atoms with van der Waals surface area (Å²) < 4.78 is 21.4. The van der Waals surface area contributed by atoms with Gasteiger partial charge in [-0.2, -0.15) is 0 Å². The van der Waals surface area contributed by atoms with Crippen molar-refractivity contribution in [3.8, 4) is 0 Å². The van der Waals surface area contributed by atoms with Gasteiger partial charge in [-0.1, -0.05) is 6.08 Å². The Kier molecular flexibility index (Phi) is 5.39. The summed E-state index contributed by atoms with van der Waals surface area (Å²) in [7, 11) is 0. The molecule has 0 bridgehead atoms. The number of nitrogen functional groups attached to an aromatic ring is 1. The van der Waals surface area contributed by atoms with E-state index in [2.05, 4.69) is 9.97 Å². The summed E-state index contributed by atoms with van der Waals surface area (Å²) in [5, 5.41) is 0.755. The molecular formula is C22H24FN5O2. The van der Waals surface area contributed by atoms with Crippen molar-refractivity contribution in [2.45, 2.75) is 32.9 Å². The zero-order chi connectivity index (χ0) is 21.3. The first-order valence-corrected chi connectivity index (χ1v) is 9.90. The molecule has 1 aromatic carbocycles. The molecule has 1 aliphatic rings. The molecule has 8 heteroatoms. The van der Waals surface area contributed by atoms with E-state index in [-0.39, 0.29) is 18.0 Å². The van der Waals surface area contributed by atoms with E-state index in [1.54, 1.807) is 27.9 Å². The van der Waals surface area contributed by atoms with Gasteiger partial charge in [0.2, 0.25) is 0 Å². The standard InChI is InChI=1S/C22H24FN5O2/c1-14(2)30-22(29)27-6-3-15(4-7-27)20-12-25-18(11-26-20)13-28-8-5-16-9-17(24)10-19(23)21(16)28/h3,5,8-12,14H,4,6-7,13,24H2,1-2H3. The monoisotopic (exact) mass is 409 g/mol. The van der Waals surface area contributed by atoms with Crippen molar-refractivity contribution in [2.75, 3.05) is 18.8 Å². The normalized spacial score (nSPS) is 14.3. The smallest absolute Gasteiger partial charge is 0.410 e. The average Bonchev–Trinajstić information content (AvgIpc) is 3.11. The molecular weight excluding hydrogens is 385 g/mol. The second-order valence-corrected chi connectivity index (χ2v) is 7.64. The highest BCUT2D eigenvalue weighted by molar-refractivity contribution is 5.84. The van der Waals surface area contributed by atoms with Gasteiger partial charge in [-0.3, -0.25) is 9.97 Å². The maximum absolute atomic E-state index is 14.3. The van der Waals surface area contributed by atoms with E-state index in [1.165, 1.54) is 6.07 Å². The minimum Gasteiger partial charge on any atom is -0.447 e. The van der Waals surface area contributed by atoms with Gasteiger partial charge in [-0.25, -0.2) is 9.18 Å². The van der Waals surface area contributed by atoms with E-state index >= 15 is 0 Å². The molecule has 0 aliphatic carbocycles. The van der Waals surface area contributed by atoms with Crippen LogP contribution in [0.4, 0.5) is 14.9 Å². The molecule has 0 unspecified atom stereocenters. The molecule has 0 spiro atoms. The topological polar surface area (TPSA) is 86.3 Å².